The van der Waals surface area contributed by atoms with E-state index in [4.69, 9.17) is 0 Å². The van der Waals surface area contributed by atoms with E-state index in [0.717, 1.165) is 38.8 Å². The molecule has 2 aliphatic heterocycles. The summed E-state index contributed by atoms with van der Waals surface area (Å²) in [6.45, 7) is 4.28. The Morgan fingerprint density at radius 2 is 2.38 bits per heavy atom. The van der Waals surface area contributed by atoms with Gasteiger partial charge in [0.1, 0.15) is 5.78 Å². The maximum atomic E-state index is 11.2. The normalized spacial score (nSPS) is 32.5. The molecular formula is C11H17NO. The third kappa shape index (κ3) is 1.83. The molecule has 2 fully saturated rings. The second-order valence-electron chi connectivity index (χ2n) is 4.09. The molecule has 2 rings (SSSR count). The quantitative estimate of drug-likeness (QED) is 0.572. The van der Waals surface area contributed by atoms with E-state index in [2.05, 4.69) is 17.9 Å². The standard InChI is InChI=1S/C11H17NO/c1-2-3-9-6-10-7-11(13)4-5-12(10)8-9/h3,10H,2,4-8H2,1H3/b9-3+/t10-/m0/s1. The first kappa shape index (κ1) is 8.95. The number of ketones is 1. The van der Waals surface area contributed by atoms with Gasteiger partial charge in [-0.3, -0.25) is 9.69 Å². The summed E-state index contributed by atoms with van der Waals surface area (Å²) in [4.78, 5) is 13.7. The molecule has 72 valence electrons. The van der Waals surface area contributed by atoms with Crippen LogP contribution in [0.2, 0.25) is 0 Å². The van der Waals surface area contributed by atoms with Gasteiger partial charge in [0.05, 0.1) is 0 Å². The number of carbonyl (C=O) groups is 1. The van der Waals surface area contributed by atoms with Gasteiger partial charge in [-0.05, 0) is 12.8 Å². The molecule has 0 spiro atoms. The second kappa shape index (κ2) is 3.62. The van der Waals surface area contributed by atoms with Gasteiger partial charge in [0.25, 0.3) is 0 Å². The molecule has 13 heavy (non-hydrogen) atoms. The molecule has 2 nitrogen and oxygen atoms in total. The Balaban J connectivity index is 2.02. The van der Waals surface area contributed by atoms with Gasteiger partial charge in [-0.2, -0.15) is 0 Å². The fraction of sp³-hybridized carbons (Fsp3) is 0.727. The van der Waals surface area contributed by atoms with Crippen LogP contribution in [0.25, 0.3) is 0 Å². The molecular weight excluding hydrogens is 162 g/mol. The van der Waals surface area contributed by atoms with E-state index in [9.17, 15) is 4.79 Å². The molecule has 1 atom stereocenters. The highest BCUT2D eigenvalue weighted by atomic mass is 16.1. The van der Waals surface area contributed by atoms with Crippen molar-refractivity contribution in [2.75, 3.05) is 13.1 Å². The molecule has 2 heteroatoms. The summed E-state index contributed by atoms with van der Waals surface area (Å²) >= 11 is 0. The molecule has 0 aromatic heterocycles. The Labute approximate surface area is 79.6 Å². The number of Topliss-reactive ketones (excluding diaryl/α,β-unsaturated/α-hetero) is 1. The Hall–Kier alpha value is -0.630. The largest absolute Gasteiger partial charge is 0.300 e. The van der Waals surface area contributed by atoms with Crippen molar-refractivity contribution in [2.45, 2.75) is 38.6 Å². The summed E-state index contributed by atoms with van der Waals surface area (Å²) in [7, 11) is 0. The second-order valence-corrected chi connectivity index (χ2v) is 4.09. The first-order chi connectivity index (χ1) is 6.29. The molecule has 2 heterocycles. The maximum Gasteiger partial charge on any atom is 0.135 e. The molecule has 2 saturated heterocycles. The molecule has 0 N–H and O–H groups in total. The van der Waals surface area contributed by atoms with Gasteiger partial charge in [-0.1, -0.05) is 18.6 Å². The number of hydrogen-bond donors (Lipinski definition) is 0. The van der Waals surface area contributed by atoms with Gasteiger partial charge in [0.2, 0.25) is 0 Å². The zero-order valence-electron chi connectivity index (χ0n) is 8.25. The van der Waals surface area contributed by atoms with E-state index in [1.165, 1.54) is 0 Å². The zero-order chi connectivity index (χ0) is 9.26. The number of fused-ring (bicyclic) bond motifs is 1. The fourth-order valence-corrected chi connectivity index (χ4v) is 2.42. The lowest BCUT2D eigenvalue weighted by Gasteiger charge is -2.27. The minimum absolute atomic E-state index is 0.457. The summed E-state index contributed by atoms with van der Waals surface area (Å²) < 4.78 is 0. The van der Waals surface area contributed by atoms with Crippen molar-refractivity contribution in [2.24, 2.45) is 0 Å². The topological polar surface area (TPSA) is 20.3 Å². The fourth-order valence-electron chi connectivity index (χ4n) is 2.42. The van der Waals surface area contributed by atoms with Crippen LogP contribution in [0.1, 0.15) is 32.6 Å². The first-order valence-corrected chi connectivity index (χ1v) is 5.23. The smallest absolute Gasteiger partial charge is 0.135 e. The highest BCUT2D eigenvalue weighted by Crippen LogP contribution is 2.28. The molecule has 0 bridgehead atoms. The van der Waals surface area contributed by atoms with Crippen LogP contribution in [-0.2, 0) is 4.79 Å². The molecule has 0 aliphatic carbocycles. The van der Waals surface area contributed by atoms with Crippen LogP contribution in [0.5, 0.6) is 0 Å². The lowest BCUT2D eigenvalue weighted by Crippen LogP contribution is -2.37. The molecule has 0 radical (unpaired) electrons. The average molecular weight is 179 g/mol. The van der Waals surface area contributed by atoms with Crippen molar-refractivity contribution < 1.29 is 4.79 Å². The Morgan fingerprint density at radius 1 is 1.54 bits per heavy atom. The van der Waals surface area contributed by atoms with Crippen molar-refractivity contribution in [1.82, 2.24) is 4.90 Å². The van der Waals surface area contributed by atoms with E-state index in [1.54, 1.807) is 5.57 Å². The highest BCUT2D eigenvalue weighted by Gasteiger charge is 2.32. The summed E-state index contributed by atoms with van der Waals surface area (Å²) in [6.07, 6.45) is 6.16. The summed E-state index contributed by atoms with van der Waals surface area (Å²) in [5, 5.41) is 0. The van der Waals surface area contributed by atoms with E-state index < -0.39 is 0 Å². The van der Waals surface area contributed by atoms with Crippen molar-refractivity contribution >= 4 is 5.78 Å². The molecule has 0 amide bonds. The van der Waals surface area contributed by atoms with Gasteiger partial charge in [0, 0.05) is 32.0 Å². The predicted molar refractivity (Wildman–Crippen MR) is 52.6 cm³/mol. The van der Waals surface area contributed by atoms with Crippen LogP contribution in [-0.4, -0.2) is 29.8 Å². The molecule has 0 unspecified atom stereocenters. The first-order valence-electron chi connectivity index (χ1n) is 5.23. The number of nitrogens with zero attached hydrogens (tertiary/aromatic N) is 1. The molecule has 0 aromatic rings. The number of piperidine rings is 1. The van der Waals surface area contributed by atoms with E-state index in [0.29, 0.717) is 11.8 Å². The molecule has 2 aliphatic rings. The number of carbonyl (C=O) groups excluding carboxylic acids is 1. The van der Waals surface area contributed by atoms with Crippen LogP contribution >= 0.6 is 0 Å². The molecule has 0 aromatic carbocycles. The Morgan fingerprint density at radius 3 is 3.15 bits per heavy atom. The van der Waals surface area contributed by atoms with Gasteiger partial charge in [0.15, 0.2) is 0 Å². The van der Waals surface area contributed by atoms with Gasteiger partial charge in [-0.15, -0.1) is 0 Å². The Bertz CT molecular complexity index is 244. The number of hydrogen-bond acceptors (Lipinski definition) is 2. The summed E-state index contributed by atoms with van der Waals surface area (Å²) in [5.41, 5.74) is 1.54. The van der Waals surface area contributed by atoms with Gasteiger partial charge >= 0.3 is 0 Å². The van der Waals surface area contributed by atoms with E-state index in [1.807, 2.05) is 0 Å². The monoisotopic (exact) mass is 179 g/mol. The van der Waals surface area contributed by atoms with Crippen molar-refractivity contribution in [3.63, 3.8) is 0 Å². The van der Waals surface area contributed by atoms with Crippen molar-refractivity contribution in [3.8, 4) is 0 Å². The summed E-state index contributed by atoms with van der Waals surface area (Å²) in [6, 6.07) is 0.541. The SMILES string of the molecule is CC/C=C1\C[C@H]2CC(=O)CCN2C1. The number of allylic oxidation sites excluding steroid dienone is 1. The highest BCUT2D eigenvalue weighted by molar-refractivity contribution is 5.80. The third-order valence-electron chi connectivity index (χ3n) is 3.05. The minimum Gasteiger partial charge on any atom is -0.300 e. The maximum absolute atomic E-state index is 11.2. The van der Waals surface area contributed by atoms with Crippen LogP contribution in [0.4, 0.5) is 0 Å². The zero-order valence-corrected chi connectivity index (χ0v) is 8.25. The Kier molecular flexibility index (Phi) is 2.49. The average Bonchev–Trinajstić information content (AvgIpc) is 2.46. The van der Waals surface area contributed by atoms with Gasteiger partial charge in [-0.25, -0.2) is 0 Å². The van der Waals surface area contributed by atoms with Crippen LogP contribution < -0.4 is 0 Å². The lowest BCUT2D eigenvalue weighted by atomic mass is 10.0. The lowest BCUT2D eigenvalue weighted by molar-refractivity contribution is -0.122. The van der Waals surface area contributed by atoms with E-state index >= 15 is 0 Å². The summed E-state index contributed by atoms with van der Waals surface area (Å²) in [5.74, 6) is 0.457. The number of rotatable bonds is 1. The molecule has 0 saturated carbocycles. The van der Waals surface area contributed by atoms with Crippen molar-refractivity contribution in [3.05, 3.63) is 11.6 Å². The minimum atomic E-state index is 0.457. The van der Waals surface area contributed by atoms with Crippen LogP contribution in [0, 0.1) is 0 Å². The van der Waals surface area contributed by atoms with E-state index in [-0.39, 0.29) is 0 Å². The van der Waals surface area contributed by atoms with Crippen LogP contribution in [0.3, 0.4) is 0 Å². The van der Waals surface area contributed by atoms with Crippen molar-refractivity contribution in [1.29, 1.82) is 0 Å². The predicted octanol–water partition coefficient (Wildman–Crippen LogP) is 1.76. The third-order valence-corrected chi connectivity index (χ3v) is 3.05. The van der Waals surface area contributed by atoms with Crippen LogP contribution in [0.15, 0.2) is 11.6 Å². The van der Waals surface area contributed by atoms with Gasteiger partial charge < -0.3 is 0 Å².